The number of hydrogen-bond donors (Lipinski definition) is 9. The molecule has 0 aliphatic carbocycles. The van der Waals surface area contributed by atoms with Gasteiger partial charge in [0.15, 0.2) is 0 Å². The van der Waals surface area contributed by atoms with Crippen LogP contribution < -0.4 is 43.0 Å². The monoisotopic (exact) mass is 1180 g/mol. The number of ether oxygens (including phenoxy) is 4. The number of rotatable bonds is 29. The molecule has 0 bridgehead atoms. The molecule has 6 aromatic carbocycles. The second kappa shape index (κ2) is 35.0. The second-order valence-corrected chi connectivity index (χ2v) is 20.0. The average Bonchev–Trinajstić information content (AvgIpc) is 3.63. The van der Waals surface area contributed by atoms with E-state index < -0.39 is 72.2 Å². The number of hydrogen-bond acceptors (Lipinski definition) is 14. The summed E-state index contributed by atoms with van der Waals surface area (Å²) in [6, 6.07) is 42.2. The van der Waals surface area contributed by atoms with Gasteiger partial charge in [-0.3, -0.25) is 34.8 Å². The van der Waals surface area contributed by atoms with Crippen molar-refractivity contribution in [3.8, 4) is 5.75 Å². The van der Waals surface area contributed by atoms with Crippen molar-refractivity contribution in [2.75, 3.05) is 13.1 Å². The fourth-order valence-corrected chi connectivity index (χ4v) is 8.79. The van der Waals surface area contributed by atoms with Gasteiger partial charge in [-0.15, -0.1) is 0 Å². The molecule has 0 aliphatic rings. The summed E-state index contributed by atoms with van der Waals surface area (Å²) in [5.74, 6) is -3.64. The number of aliphatic imine (C=N–C) groups is 1. The number of guanidine groups is 1. The van der Waals surface area contributed by atoms with E-state index in [2.05, 4.69) is 42.2 Å². The fraction of sp³-hybridized carbons (Fsp3) is 0.297. The minimum atomic E-state index is -1.46. The molecule has 8 amide bonds. The van der Waals surface area contributed by atoms with Crippen molar-refractivity contribution in [2.24, 2.45) is 10.7 Å². The lowest BCUT2D eigenvalue weighted by atomic mass is 9.95. The molecule has 0 fully saturated rings. The molecule has 86 heavy (non-hydrogen) atoms. The molecule has 0 aliphatic heterocycles. The maximum absolute atomic E-state index is 14.9. The first kappa shape index (κ1) is 64.9. The maximum atomic E-state index is 14.9. The fourth-order valence-electron chi connectivity index (χ4n) is 8.79. The van der Waals surface area contributed by atoms with Crippen LogP contribution in [0.1, 0.15) is 76.6 Å². The zero-order chi connectivity index (χ0) is 61.5. The number of aryl methyl sites for hydroxylation is 2. The van der Waals surface area contributed by atoms with Crippen LogP contribution in [0.25, 0.3) is 0 Å². The van der Waals surface area contributed by atoms with E-state index >= 15 is 0 Å². The normalized spacial score (nSPS) is 12.0. The lowest BCUT2D eigenvalue weighted by Gasteiger charge is -2.27. The van der Waals surface area contributed by atoms with E-state index in [0.29, 0.717) is 45.4 Å². The first-order valence-electron chi connectivity index (χ1n) is 28.0. The van der Waals surface area contributed by atoms with Crippen molar-refractivity contribution in [1.29, 1.82) is 0 Å². The number of phenolic OH excluding ortho intramolecular Hbond substituents is 1. The molecule has 0 spiro atoms. The van der Waals surface area contributed by atoms with Gasteiger partial charge < -0.3 is 56.4 Å². The number of nitrogens with two attached hydrogens (primary N) is 1. The highest BCUT2D eigenvalue weighted by Gasteiger charge is 2.32. The Morgan fingerprint density at radius 3 is 1.30 bits per heavy atom. The van der Waals surface area contributed by atoms with Crippen LogP contribution in [0.2, 0.25) is 0 Å². The highest BCUT2D eigenvalue weighted by molar-refractivity contribution is 6.01. The number of alkyl carbamates (subject to hydrolysis) is 4. The Labute approximate surface area is 499 Å². The van der Waals surface area contributed by atoms with E-state index in [0.717, 1.165) is 5.56 Å². The number of carbonyl (C=O) groups is 8. The Morgan fingerprint density at radius 2 is 0.837 bits per heavy atom. The summed E-state index contributed by atoms with van der Waals surface area (Å²) in [6.07, 6.45) is -3.22. The van der Waals surface area contributed by atoms with Crippen molar-refractivity contribution in [3.05, 3.63) is 208 Å². The zero-order valence-electron chi connectivity index (χ0n) is 48.0. The van der Waals surface area contributed by atoms with E-state index in [1.54, 1.807) is 123 Å². The molecule has 22 nitrogen and oxygen atoms in total. The number of primary amides is 1. The summed E-state index contributed by atoms with van der Waals surface area (Å²) in [6.45, 7) is 3.12. The highest BCUT2D eigenvalue weighted by atomic mass is 16.6. The highest BCUT2D eigenvalue weighted by Crippen LogP contribution is 2.23. The summed E-state index contributed by atoms with van der Waals surface area (Å²) in [5, 5.41) is 28.9. The van der Waals surface area contributed by atoms with Gasteiger partial charge in [-0.2, -0.15) is 0 Å². The molecule has 0 saturated carbocycles. The largest absolute Gasteiger partial charge is 0.508 e. The Bertz CT molecular complexity index is 3110. The molecule has 0 heterocycles. The predicted octanol–water partition coefficient (Wildman–Crippen LogP) is 7.11. The van der Waals surface area contributed by atoms with Crippen LogP contribution in [-0.4, -0.2) is 96.3 Å². The van der Waals surface area contributed by atoms with Gasteiger partial charge in [0.05, 0.1) is 0 Å². The van der Waals surface area contributed by atoms with Gasteiger partial charge in [-0.05, 0) is 103 Å². The number of unbranched alkanes of at least 4 members (excludes halogenated alkanes) is 1. The molecule has 6 aromatic rings. The summed E-state index contributed by atoms with van der Waals surface area (Å²) in [5.41, 5.74) is 11.1. The number of phenols is 1. The molecule has 22 heteroatoms. The van der Waals surface area contributed by atoms with Crippen LogP contribution in [0.15, 0.2) is 169 Å². The molecular formula is C64H73N9O13. The topological polar surface area (TPSA) is 316 Å². The molecule has 452 valence electrons. The van der Waals surface area contributed by atoms with Crippen LogP contribution in [0.5, 0.6) is 5.75 Å². The molecule has 0 saturated heterocycles. The van der Waals surface area contributed by atoms with E-state index in [1.807, 2.05) is 42.5 Å². The van der Waals surface area contributed by atoms with Crippen LogP contribution in [0.3, 0.4) is 0 Å². The molecule has 0 unspecified atom stereocenters. The first-order chi connectivity index (χ1) is 41.6. The van der Waals surface area contributed by atoms with E-state index in [1.165, 1.54) is 12.1 Å². The van der Waals surface area contributed by atoms with Crippen molar-refractivity contribution in [2.45, 2.75) is 109 Å². The molecule has 6 rings (SSSR count). The number of nitrogens with zero attached hydrogens (tertiary/aromatic N) is 1. The minimum absolute atomic E-state index is 0.00772. The first-order valence-corrected chi connectivity index (χ1v) is 28.0. The smallest absolute Gasteiger partial charge is 0.414 e. The summed E-state index contributed by atoms with van der Waals surface area (Å²) in [7, 11) is 0. The number of amides is 8. The Hall–Kier alpha value is -10.3. The summed E-state index contributed by atoms with van der Waals surface area (Å²) >= 11 is 0. The molecule has 0 aromatic heterocycles. The quantitative estimate of drug-likeness (QED) is 0.00980. The number of benzene rings is 6. The Balaban J connectivity index is 1.22. The molecule has 4 atom stereocenters. The Kier molecular flexibility index (Phi) is 26.4. The molecular weight excluding hydrogens is 1100 g/mol. The van der Waals surface area contributed by atoms with Gasteiger partial charge >= 0.3 is 24.4 Å². The van der Waals surface area contributed by atoms with Crippen molar-refractivity contribution >= 4 is 54.0 Å². The standard InChI is InChI=1S/C64H73N9O13/c1-43-35-50(74)36-44(2)51(43)38-55(59(78)68-52(57(76)69-54(56(65)75)37-45-21-8-3-9-22-45)31-18-19-33-67-61(79)83-39-46-23-10-4-11-24-46)70-58(77)53(71-62(80)84-40-47-25-12-5-13-26-47)32-20-34-66-60(72-63(81)85-41-48-27-14-6-15-28-48)73-64(82)86-42-49-29-16-7-17-30-49/h3-17,21-30,35-36,52-55,74H,18-20,31-34,37-42H2,1-2H3,(H2,65,75)(H,67,79)(H,68,78)(H,69,76)(H,70,77)(H,71,80)(H2,66,72,73,81,82)/t52-,53+,54-,55-/m0/s1. The third kappa shape index (κ3) is 23.5. The van der Waals surface area contributed by atoms with Gasteiger partial charge in [0.2, 0.25) is 29.6 Å². The maximum Gasteiger partial charge on any atom is 0.414 e. The zero-order valence-corrected chi connectivity index (χ0v) is 48.0. The van der Waals surface area contributed by atoms with E-state index in [4.69, 9.17) is 24.7 Å². The van der Waals surface area contributed by atoms with Crippen LogP contribution >= 0.6 is 0 Å². The predicted molar refractivity (Wildman–Crippen MR) is 320 cm³/mol. The lowest BCUT2D eigenvalue weighted by molar-refractivity contribution is -0.133. The third-order valence-electron chi connectivity index (χ3n) is 13.3. The second-order valence-electron chi connectivity index (χ2n) is 20.0. The van der Waals surface area contributed by atoms with Gasteiger partial charge in [0, 0.05) is 25.9 Å². The van der Waals surface area contributed by atoms with Gasteiger partial charge in [0.1, 0.15) is 56.3 Å². The van der Waals surface area contributed by atoms with Gasteiger partial charge in [-0.25, -0.2) is 19.2 Å². The Morgan fingerprint density at radius 1 is 0.453 bits per heavy atom. The average molecular weight is 1180 g/mol. The van der Waals surface area contributed by atoms with E-state index in [9.17, 15) is 43.5 Å². The van der Waals surface area contributed by atoms with Crippen molar-refractivity contribution in [1.82, 2.24) is 37.2 Å². The van der Waals surface area contributed by atoms with Crippen molar-refractivity contribution in [3.63, 3.8) is 0 Å². The summed E-state index contributed by atoms with van der Waals surface area (Å²) in [4.78, 5) is 113. The summed E-state index contributed by atoms with van der Waals surface area (Å²) < 4.78 is 21.6. The number of carbonyl (C=O) groups excluding carboxylic acids is 8. The van der Waals surface area contributed by atoms with Crippen LogP contribution in [-0.2, 0) is 77.4 Å². The van der Waals surface area contributed by atoms with Crippen LogP contribution in [0, 0.1) is 13.8 Å². The number of nitrogens with one attached hydrogen (secondary N) is 7. The SMILES string of the molecule is Cc1cc(O)cc(C)c1C[C@H](NC(=O)[C@@H](CCCN=C(NC(=O)OCc1ccccc1)NC(=O)OCc1ccccc1)NC(=O)OCc1ccccc1)C(=O)N[C@@H](CCCCNC(=O)OCc1ccccc1)C(=O)N[C@@H](Cc1ccccc1)C(N)=O. The van der Waals surface area contributed by atoms with Gasteiger partial charge in [-0.1, -0.05) is 152 Å². The number of aromatic hydroxyl groups is 1. The van der Waals surface area contributed by atoms with Crippen LogP contribution in [0.4, 0.5) is 19.2 Å². The molecule has 10 N–H and O–H groups in total. The third-order valence-corrected chi connectivity index (χ3v) is 13.3. The lowest BCUT2D eigenvalue weighted by Crippen LogP contribution is -2.58. The van der Waals surface area contributed by atoms with E-state index in [-0.39, 0.29) is 89.8 Å². The van der Waals surface area contributed by atoms with Gasteiger partial charge in [0.25, 0.3) is 0 Å². The van der Waals surface area contributed by atoms with Crippen molar-refractivity contribution < 1.29 is 62.4 Å². The molecule has 0 radical (unpaired) electrons. The minimum Gasteiger partial charge on any atom is -0.508 e.